The van der Waals surface area contributed by atoms with E-state index in [0.29, 0.717) is 11.4 Å². The smallest absolute Gasteiger partial charge is 0.399 e. The second-order valence-electron chi connectivity index (χ2n) is 4.27. The van der Waals surface area contributed by atoms with E-state index in [9.17, 15) is 18.0 Å². The van der Waals surface area contributed by atoms with Crippen LogP contribution in [0.4, 0.5) is 30.2 Å². The minimum absolute atomic E-state index is 0.133. The van der Waals surface area contributed by atoms with Crippen molar-refractivity contribution < 1.29 is 18.0 Å². The van der Waals surface area contributed by atoms with Crippen LogP contribution in [0, 0.1) is 0 Å². The summed E-state index contributed by atoms with van der Waals surface area (Å²) in [5, 5.41) is 2.41. The second-order valence-corrected chi connectivity index (χ2v) is 4.27. The molecule has 2 rings (SSSR count). The van der Waals surface area contributed by atoms with E-state index < -0.39 is 17.8 Å². The molecule has 110 valence electrons. The van der Waals surface area contributed by atoms with Crippen molar-refractivity contribution in [1.29, 1.82) is 0 Å². The van der Waals surface area contributed by atoms with Gasteiger partial charge < -0.3 is 16.8 Å². The first-order valence-electron chi connectivity index (χ1n) is 5.76. The fourth-order valence-electron chi connectivity index (χ4n) is 1.65. The number of carbonyl (C=O) groups is 1. The summed E-state index contributed by atoms with van der Waals surface area (Å²) >= 11 is 0. The number of anilines is 3. The summed E-state index contributed by atoms with van der Waals surface area (Å²) in [5.74, 6) is -0.546. The summed E-state index contributed by atoms with van der Waals surface area (Å²) in [6.07, 6.45) is -3.60. The van der Waals surface area contributed by atoms with Crippen LogP contribution in [-0.4, -0.2) is 10.9 Å². The zero-order valence-electron chi connectivity index (χ0n) is 10.6. The molecule has 1 amide bonds. The Hall–Kier alpha value is -2.77. The largest absolute Gasteiger partial charge is 0.433 e. The Morgan fingerprint density at radius 3 is 2.19 bits per heavy atom. The van der Waals surface area contributed by atoms with Gasteiger partial charge in [0.25, 0.3) is 5.91 Å². The van der Waals surface area contributed by atoms with Crippen molar-refractivity contribution in [3.8, 4) is 0 Å². The van der Waals surface area contributed by atoms with Crippen LogP contribution in [0.25, 0.3) is 0 Å². The van der Waals surface area contributed by atoms with Gasteiger partial charge >= 0.3 is 6.18 Å². The average molecular weight is 296 g/mol. The maximum absolute atomic E-state index is 12.4. The Morgan fingerprint density at radius 2 is 1.71 bits per heavy atom. The minimum atomic E-state index is -4.52. The van der Waals surface area contributed by atoms with Crippen LogP contribution in [-0.2, 0) is 6.18 Å². The van der Waals surface area contributed by atoms with Crippen molar-refractivity contribution in [2.75, 3.05) is 16.8 Å². The molecule has 0 aliphatic heterocycles. The van der Waals surface area contributed by atoms with Gasteiger partial charge in [-0.3, -0.25) is 4.79 Å². The standard InChI is InChI=1S/C13H11F3N4O/c14-13(15,16)11-2-1-10(6-19-11)20-12(21)7-3-8(17)5-9(18)4-7/h1-6H,17-18H2,(H,20,21). The summed E-state index contributed by atoms with van der Waals surface area (Å²) in [7, 11) is 0. The molecule has 0 aliphatic rings. The van der Waals surface area contributed by atoms with E-state index in [2.05, 4.69) is 10.3 Å². The van der Waals surface area contributed by atoms with Crippen LogP contribution in [0.1, 0.15) is 16.1 Å². The Morgan fingerprint density at radius 1 is 1.10 bits per heavy atom. The lowest BCUT2D eigenvalue weighted by Gasteiger charge is -2.08. The number of nitrogens with one attached hydrogen (secondary N) is 1. The second kappa shape index (κ2) is 5.31. The highest BCUT2D eigenvalue weighted by Crippen LogP contribution is 2.27. The van der Waals surface area contributed by atoms with Gasteiger partial charge in [0.15, 0.2) is 0 Å². The summed E-state index contributed by atoms with van der Waals surface area (Å²) < 4.78 is 37.1. The molecule has 5 N–H and O–H groups in total. The molecule has 0 saturated heterocycles. The number of hydrogen-bond acceptors (Lipinski definition) is 4. The maximum Gasteiger partial charge on any atom is 0.433 e. The zero-order valence-corrected chi connectivity index (χ0v) is 10.6. The van der Waals surface area contributed by atoms with Crippen molar-refractivity contribution in [2.24, 2.45) is 0 Å². The van der Waals surface area contributed by atoms with Gasteiger partial charge in [-0.2, -0.15) is 13.2 Å². The van der Waals surface area contributed by atoms with Gasteiger partial charge in [0.1, 0.15) is 5.69 Å². The van der Waals surface area contributed by atoms with Crippen molar-refractivity contribution in [3.63, 3.8) is 0 Å². The third-order valence-corrected chi connectivity index (χ3v) is 2.55. The SMILES string of the molecule is Nc1cc(N)cc(C(=O)Nc2ccc(C(F)(F)F)nc2)c1. The van der Waals surface area contributed by atoms with E-state index >= 15 is 0 Å². The Balaban J connectivity index is 2.16. The van der Waals surface area contributed by atoms with E-state index in [1.165, 1.54) is 18.2 Å². The third kappa shape index (κ3) is 3.62. The topological polar surface area (TPSA) is 94.0 Å². The molecule has 1 heterocycles. The summed E-state index contributed by atoms with van der Waals surface area (Å²) in [5.41, 5.74) is 11.0. The average Bonchev–Trinajstić information content (AvgIpc) is 2.37. The number of benzene rings is 1. The quantitative estimate of drug-likeness (QED) is 0.742. The number of amides is 1. The van der Waals surface area contributed by atoms with Crippen molar-refractivity contribution in [3.05, 3.63) is 47.8 Å². The number of nitrogens with two attached hydrogens (primary N) is 2. The molecule has 2 aromatic rings. The van der Waals surface area contributed by atoms with Crippen molar-refractivity contribution in [1.82, 2.24) is 4.98 Å². The van der Waals surface area contributed by atoms with E-state index in [1.54, 1.807) is 0 Å². The fourth-order valence-corrected chi connectivity index (χ4v) is 1.65. The predicted molar refractivity (Wildman–Crippen MR) is 72.5 cm³/mol. The molecule has 0 aliphatic carbocycles. The summed E-state index contributed by atoms with van der Waals surface area (Å²) in [6, 6.07) is 6.19. The number of halogens is 3. The number of nitrogen functional groups attached to an aromatic ring is 2. The van der Waals surface area contributed by atoms with E-state index in [1.807, 2.05) is 0 Å². The molecule has 21 heavy (non-hydrogen) atoms. The minimum Gasteiger partial charge on any atom is -0.399 e. The van der Waals surface area contributed by atoms with Crippen LogP contribution in [0.2, 0.25) is 0 Å². The molecule has 5 nitrogen and oxygen atoms in total. The lowest BCUT2D eigenvalue weighted by atomic mass is 10.1. The van der Waals surface area contributed by atoms with Gasteiger partial charge in [0.2, 0.25) is 0 Å². The van der Waals surface area contributed by atoms with Crippen molar-refractivity contribution in [2.45, 2.75) is 6.18 Å². The van der Waals surface area contributed by atoms with Crippen LogP contribution < -0.4 is 16.8 Å². The Labute approximate surface area is 117 Å². The highest BCUT2D eigenvalue weighted by Gasteiger charge is 2.32. The van der Waals surface area contributed by atoms with E-state index in [4.69, 9.17) is 11.5 Å². The number of pyridine rings is 1. The molecule has 0 unspecified atom stereocenters. The Kier molecular flexibility index (Phi) is 3.70. The molecule has 0 bridgehead atoms. The number of alkyl halides is 3. The summed E-state index contributed by atoms with van der Waals surface area (Å²) in [6.45, 7) is 0. The van der Waals surface area contributed by atoms with Gasteiger partial charge in [-0.15, -0.1) is 0 Å². The van der Waals surface area contributed by atoms with Crippen LogP contribution in [0.15, 0.2) is 36.5 Å². The molecule has 1 aromatic carbocycles. The molecule has 0 radical (unpaired) electrons. The fraction of sp³-hybridized carbons (Fsp3) is 0.0769. The third-order valence-electron chi connectivity index (χ3n) is 2.55. The van der Waals surface area contributed by atoms with Crippen molar-refractivity contribution >= 4 is 23.0 Å². The van der Waals surface area contributed by atoms with Crippen LogP contribution in [0.3, 0.4) is 0 Å². The summed E-state index contributed by atoms with van der Waals surface area (Å²) in [4.78, 5) is 15.2. The molecular weight excluding hydrogens is 285 g/mol. The zero-order chi connectivity index (χ0) is 15.6. The number of hydrogen-bond donors (Lipinski definition) is 3. The van der Waals surface area contributed by atoms with E-state index in [-0.39, 0.29) is 11.3 Å². The van der Waals surface area contributed by atoms with Gasteiger partial charge in [0, 0.05) is 16.9 Å². The monoisotopic (exact) mass is 296 g/mol. The molecule has 0 atom stereocenters. The first kappa shape index (κ1) is 14.6. The van der Waals surface area contributed by atoms with Gasteiger partial charge in [-0.25, -0.2) is 4.98 Å². The maximum atomic E-state index is 12.4. The first-order chi connectivity index (χ1) is 9.75. The van der Waals surface area contributed by atoms with Gasteiger partial charge in [-0.05, 0) is 30.3 Å². The van der Waals surface area contributed by atoms with E-state index in [0.717, 1.165) is 18.3 Å². The normalized spacial score (nSPS) is 11.2. The lowest BCUT2D eigenvalue weighted by molar-refractivity contribution is -0.141. The molecule has 8 heteroatoms. The van der Waals surface area contributed by atoms with Crippen LogP contribution in [0.5, 0.6) is 0 Å². The number of aromatic nitrogens is 1. The molecular formula is C13H11F3N4O. The van der Waals surface area contributed by atoms with Gasteiger partial charge in [-0.1, -0.05) is 0 Å². The number of carbonyl (C=O) groups excluding carboxylic acids is 1. The van der Waals surface area contributed by atoms with Gasteiger partial charge in [0.05, 0.1) is 11.9 Å². The number of nitrogens with zero attached hydrogens (tertiary/aromatic N) is 1. The highest BCUT2D eigenvalue weighted by atomic mass is 19.4. The molecule has 1 aromatic heterocycles. The highest BCUT2D eigenvalue weighted by molar-refractivity contribution is 6.05. The number of rotatable bonds is 2. The first-order valence-corrected chi connectivity index (χ1v) is 5.76. The predicted octanol–water partition coefficient (Wildman–Crippen LogP) is 2.52. The molecule has 0 spiro atoms. The van der Waals surface area contributed by atoms with Crippen LogP contribution >= 0.6 is 0 Å². The Bertz CT molecular complexity index is 648. The molecule has 0 fully saturated rings. The lowest BCUT2D eigenvalue weighted by Crippen LogP contribution is -2.14. The molecule has 0 saturated carbocycles.